The number of piperidine rings is 1. The number of amides is 1. The van der Waals surface area contributed by atoms with Crippen LogP contribution in [0.2, 0.25) is 0 Å². The maximum absolute atomic E-state index is 12.9. The number of aromatic nitrogens is 1. The smallest absolute Gasteiger partial charge is 0.243 e. The molecule has 172 valence electrons. The molecule has 1 aromatic heterocycles. The summed E-state index contributed by atoms with van der Waals surface area (Å²) in [5.74, 6) is -0.633. The molecule has 2 aromatic carbocycles. The van der Waals surface area contributed by atoms with E-state index >= 15 is 0 Å². The number of ketones is 1. The van der Waals surface area contributed by atoms with Gasteiger partial charge < -0.3 is 5.32 Å². The van der Waals surface area contributed by atoms with Crippen molar-refractivity contribution in [2.75, 3.05) is 18.4 Å². The van der Waals surface area contributed by atoms with Crippen molar-refractivity contribution in [3.63, 3.8) is 0 Å². The molecule has 2 heterocycles. The highest BCUT2D eigenvalue weighted by Gasteiger charge is 2.32. The second kappa shape index (κ2) is 9.54. The predicted molar refractivity (Wildman–Crippen MR) is 129 cm³/mol. The van der Waals surface area contributed by atoms with E-state index in [1.807, 2.05) is 37.3 Å². The fourth-order valence-electron chi connectivity index (χ4n) is 3.83. The fraction of sp³-hybridized carbons (Fsp3) is 0.292. The van der Waals surface area contributed by atoms with Crippen LogP contribution in [0.3, 0.4) is 0 Å². The Morgan fingerprint density at radius 2 is 1.67 bits per heavy atom. The van der Waals surface area contributed by atoms with Gasteiger partial charge in [-0.25, -0.2) is 13.4 Å². The molecule has 1 N–H and O–H groups in total. The van der Waals surface area contributed by atoms with Crippen LogP contribution in [0.25, 0.3) is 11.3 Å². The third-order valence-electron chi connectivity index (χ3n) is 5.71. The second-order valence-electron chi connectivity index (χ2n) is 8.10. The number of aryl methyl sites for hydroxylation is 1. The summed E-state index contributed by atoms with van der Waals surface area (Å²) in [5, 5.41) is 3.21. The largest absolute Gasteiger partial charge is 0.302 e. The Morgan fingerprint density at radius 1 is 1.03 bits per heavy atom. The van der Waals surface area contributed by atoms with Gasteiger partial charge in [0, 0.05) is 31.5 Å². The highest BCUT2D eigenvalue weighted by Crippen LogP contribution is 2.32. The van der Waals surface area contributed by atoms with Crippen LogP contribution in [0.4, 0.5) is 5.13 Å². The lowest BCUT2D eigenvalue weighted by molar-refractivity contribution is -0.120. The third-order valence-corrected chi connectivity index (χ3v) is 8.69. The Balaban J connectivity index is 1.43. The van der Waals surface area contributed by atoms with Crippen molar-refractivity contribution in [1.82, 2.24) is 9.29 Å². The van der Waals surface area contributed by atoms with E-state index in [2.05, 4.69) is 10.3 Å². The second-order valence-corrected chi connectivity index (χ2v) is 11.0. The molecule has 3 aromatic rings. The Labute approximate surface area is 197 Å². The first-order chi connectivity index (χ1) is 15.8. The average Bonchev–Trinajstić information content (AvgIpc) is 3.24. The number of rotatable bonds is 6. The van der Waals surface area contributed by atoms with Gasteiger partial charge >= 0.3 is 0 Å². The van der Waals surface area contributed by atoms with Crippen molar-refractivity contribution in [1.29, 1.82) is 0 Å². The monoisotopic (exact) mass is 483 g/mol. The van der Waals surface area contributed by atoms with E-state index in [1.54, 1.807) is 24.3 Å². The molecule has 0 aliphatic carbocycles. The van der Waals surface area contributed by atoms with Gasteiger partial charge in [0.2, 0.25) is 15.9 Å². The number of carbonyl (C=O) groups is 2. The zero-order chi connectivity index (χ0) is 23.6. The summed E-state index contributed by atoms with van der Waals surface area (Å²) in [7, 11) is -3.58. The van der Waals surface area contributed by atoms with Crippen molar-refractivity contribution in [2.24, 2.45) is 5.92 Å². The lowest BCUT2D eigenvalue weighted by Gasteiger charge is -2.30. The normalized spacial score (nSPS) is 15.3. The van der Waals surface area contributed by atoms with E-state index in [4.69, 9.17) is 0 Å². The van der Waals surface area contributed by atoms with Gasteiger partial charge in [-0.15, -0.1) is 0 Å². The van der Waals surface area contributed by atoms with Gasteiger partial charge in [-0.1, -0.05) is 59.4 Å². The molecule has 1 amide bonds. The molecular weight excluding hydrogens is 458 g/mol. The first-order valence-electron chi connectivity index (χ1n) is 10.7. The molecule has 0 radical (unpaired) electrons. The summed E-state index contributed by atoms with van der Waals surface area (Å²) in [5.41, 5.74) is 2.37. The lowest BCUT2D eigenvalue weighted by Crippen LogP contribution is -2.41. The number of anilines is 1. The molecule has 0 unspecified atom stereocenters. The van der Waals surface area contributed by atoms with Crippen LogP contribution in [0, 0.1) is 12.8 Å². The Kier molecular flexibility index (Phi) is 6.73. The molecule has 1 fully saturated rings. The maximum atomic E-state index is 12.9. The van der Waals surface area contributed by atoms with Crippen LogP contribution < -0.4 is 5.32 Å². The number of thiazole rings is 1. The first-order valence-corrected chi connectivity index (χ1v) is 13.0. The molecule has 1 aliphatic rings. The number of hydrogen-bond donors (Lipinski definition) is 1. The summed E-state index contributed by atoms with van der Waals surface area (Å²) < 4.78 is 27.2. The molecule has 0 atom stereocenters. The molecule has 0 bridgehead atoms. The minimum atomic E-state index is -3.58. The standard InChI is InChI=1S/C24H25N3O4S2/c1-16-8-10-20(11-9-16)33(30,31)27-14-12-19(13-15-27)23(29)26-24-25-21(22(32-24)17(2)28)18-6-4-3-5-7-18/h3-11,19H,12-15H2,1-2H3,(H,25,26,29). The van der Waals surface area contributed by atoms with Gasteiger partial charge in [0.05, 0.1) is 15.5 Å². The summed E-state index contributed by atoms with van der Waals surface area (Å²) >= 11 is 1.16. The first kappa shape index (κ1) is 23.3. The van der Waals surface area contributed by atoms with E-state index in [0.717, 1.165) is 22.5 Å². The maximum Gasteiger partial charge on any atom is 0.243 e. The topological polar surface area (TPSA) is 96.4 Å². The molecule has 7 nitrogen and oxygen atoms in total. The fourth-order valence-corrected chi connectivity index (χ4v) is 6.18. The predicted octanol–water partition coefficient (Wildman–Crippen LogP) is 4.36. The zero-order valence-corrected chi connectivity index (χ0v) is 20.1. The molecule has 1 aliphatic heterocycles. The SMILES string of the molecule is CC(=O)c1sc(NC(=O)C2CCN(S(=O)(=O)c3ccc(C)cc3)CC2)nc1-c1ccccc1. The van der Waals surface area contributed by atoms with Crippen LogP contribution in [-0.4, -0.2) is 42.5 Å². The van der Waals surface area contributed by atoms with E-state index in [-0.39, 0.29) is 35.6 Å². The van der Waals surface area contributed by atoms with E-state index < -0.39 is 10.0 Å². The Morgan fingerprint density at radius 3 is 2.27 bits per heavy atom. The van der Waals surface area contributed by atoms with Crippen LogP contribution in [0.1, 0.15) is 35.0 Å². The van der Waals surface area contributed by atoms with Gasteiger partial charge in [0.15, 0.2) is 10.9 Å². The highest BCUT2D eigenvalue weighted by molar-refractivity contribution is 7.89. The summed E-state index contributed by atoms with van der Waals surface area (Å²) in [6.07, 6.45) is 0.848. The number of sulfonamides is 1. The van der Waals surface area contributed by atoms with Crippen molar-refractivity contribution in [3.8, 4) is 11.3 Å². The Hall–Kier alpha value is -2.88. The Bertz CT molecular complexity index is 1260. The molecule has 0 spiro atoms. The lowest BCUT2D eigenvalue weighted by atomic mass is 9.97. The summed E-state index contributed by atoms with van der Waals surface area (Å²) in [6, 6.07) is 16.2. The molecule has 4 rings (SSSR count). The van der Waals surface area contributed by atoms with Gasteiger partial charge in [0.1, 0.15) is 0 Å². The van der Waals surface area contributed by atoms with Crippen LogP contribution >= 0.6 is 11.3 Å². The van der Waals surface area contributed by atoms with Crippen molar-refractivity contribution >= 4 is 38.2 Å². The van der Waals surface area contributed by atoms with Gasteiger partial charge in [0.25, 0.3) is 0 Å². The van der Waals surface area contributed by atoms with E-state index in [1.165, 1.54) is 11.2 Å². The molecule has 1 saturated heterocycles. The third kappa shape index (κ3) is 5.05. The van der Waals surface area contributed by atoms with Gasteiger partial charge in [-0.2, -0.15) is 4.31 Å². The van der Waals surface area contributed by atoms with Crippen molar-refractivity contribution in [2.45, 2.75) is 31.6 Å². The molecule has 0 saturated carbocycles. The number of carbonyl (C=O) groups excluding carboxylic acids is 2. The minimum absolute atomic E-state index is 0.110. The van der Waals surface area contributed by atoms with Crippen LogP contribution in [-0.2, 0) is 14.8 Å². The number of Topliss-reactive ketones (excluding diaryl/α,β-unsaturated/α-hetero) is 1. The van der Waals surface area contributed by atoms with E-state index in [0.29, 0.717) is 28.5 Å². The number of nitrogens with zero attached hydrogens (tertiary/aromatic N) is 2. The molecule has 33 heavy (non-hydrogen) atoms. The van der Waals surface area contributed by atoms with Gasteiger partial charge in [-0.05, 0) is 31.9 Å². The van der Waals surface area contributed by atoms with Crippen molar-refractivity contribution in [3.05, 3.63) is 65.0 Å². The zero-order valence-electron chi connectivity index (χ0n) is 18.4. The molecular formula is C24H25N3O4S2. The molecule has 9 heteroatoms. The summed E-state index contributed by atoms with van der Waals surface area (Å²) in [4.78, 5) is 30.2. The number of nitrogens with one attached hydrogen (secondary N) is 1. The van der Waals surface area contributed by atoms with Crippen LogP contribution in [0.15, 0.2) is 59.5 Å². The summed E-state index contributed by atoms with van der Waals surface area (Å²) in [6.45, 7) is 3.95. The highest BCUT2D eigenvalue weighted by atomic mass is 32.2. The van der Waals surface area contributed by atoms with E-state index in [9.17, 15) is 18.0 Å². The van der Waals surface area contributed by atoms with Crippen LogP contribution in [0.5, 0.6) is 0 Å². The minimum Gasteiger partial charge on any atom is -0.302 e. The van der Waals surface area contributed by atoms with Gasteiger partial charge in [-0.3, -0.25) is 9.59 Å². The van der Waals surface area contributed by atoms with Crippen molar-refractivity contribution < 1.29 is 18.0 Å². The quantitative estimate of drug-likeness (QED) is 0.526. The number of benzene rings is 2. The average molecular weight is 484 g/mol. The number of hydrogen-bond acceptors (Lipinski definition) is 6.